The van der Waals surface area contributed by atoms with E-state index in [2.05, 4.69) is 57.2 Å². The lowest BCUT2D eigenvalue weighted by molar-refractivity contribution is 0.280. The molecule has 0 spiro atoms. The minimum Gasteiger partial charge on any atom is -0.392 e. The van der Waals surface area contributed by atoms with Crippen molar-refractivity contribution in [1.29, 1.82) is 0 Å². The largest absolute Gasteiger partial charge is 0.392 e. The van der Waals surface area contributed by atoms with Gasteiger partial charge in [-0.3, -0.25) is 0 Å². The summed E-state index contributed by atoms with van der Waals surface area (Å²) in [5, 5.41) is 13.0. The highest BCUT2D eigenvalue weighted by atomic mass is 16.3. The number of aliphatic hydroxyl groups excluding tert-OH is 1. The fourth-order valence-corrected chi connectivity index (χ4v) is 2.62. The summed E-state index contributed by atoms with van der Waals surface area (Å²) in [7, 11) is 4.23. The summed E-state index contributed by atoms with van der Waals surface area (Å²) in [4.78, 5) is 2.23. The van der Waals surface area contributed by atoms with Gasteiger partial charge in [0.2, 0.25) is 0 Å². The Morgan fingerprint density at radius 3 is 2.45 bits per heavy atom. The molecule has 0 radical (unpaired) electrons. The topological polar surface area (TPSA) is 35.5 Å². The summed E-state index contributed by atoms with van der Waals surface area (Å²) in [5.41, 5.74) is 2.22. The predicted octanol–water partition coefficient (Wildman–Crippen LogP) is 2.81. The highest BCUT2D eigenvalue weighted by molar-refractivity contribution is 5.25. The molecule has 0 heterocycles. The molecular formula is C17H30N2O. The van der Waals surface area contributed by atoms with Crippen LogP contribution in [0.4, 0.5) is 0 Å². The molecule has 0 aliphatic rings. The van der Waals surface area contributed by atoms with Crippen LogP contribution in [0.1, 0.15) is 44.4 Å². The summed E-state index contributed by atoms with van der Waals surface area (Å²) in [6, 6.07) is 8.96. The van der Waals surface area contributed by atoms with Gasteiger partial charge in [-0.25, -0.2) is 0 Å². The first-order valence-corrected chi connectivity index (χ1v) is 7.52. The van der Waals surface area contributed by atoms with Crippen LogP contribution < -0.4 is 5.32 Å². The third kappa shape index (κ3) is 6.04. The van der Waals surface area contributed by atoms with Crippen molar-refractivity contribution in [2.24, 2.45) is 5.92 Å². The summed E-state index contributed by atoms with van der Waals surface area (Å²) < 4.78 is 0. The average Bonchev–Trinajstić information content (AvgIpc) is 2.37. The molecule has 0 amide bonds. The van der Waals surface area contributed by atoms with Crippen molar-refractivity contribution in [3.8, 4) is 0 Å². The van der Waals surface area contributed by atoms with E-state index in [1.165, 1.54) is 12.0 Å². The summed E-state index contributed by atoms with van der Waals surface area (Å²) in [6.07, 6.45) is 1.17. The zero-order chi connectivity index (χ0) is 15.1. The molecule has 2 unspecified atom stereocenters. The van der Waals surface area contributed by atoms with E-state index in [9.17, 15) is 5.11 Å². The number of aliphatic hydroxyl groups is 1. The maximum Gasteiger partial charge on any atom is 0.0681 e. The first kappa shape index (κ1) is 17.2. The number of nitrogens with one attached hydrogen (secondary N) is 1. The number of likely N-dealkylation sites (N-methyl/N-ethyl adjacent to an activating group) is 1. The van der Waals surface area contributed by atoms with Crippen LogP contribution in [0.3, 0.4) is 0 Å². The van der Waals surface area contributed by atoms with Gasteiger partial charge in [0.25, 0.3) is 0 Å². The highest BCUT2D eigenvalue weighted by Gasteiger charge is 2.15. The Balaban J connectivity index is 2.70. The van der Waals surface area contributed by atoms with Crippen molar-refractivity contribution in [3.63, 3.8) is 0 Å². The monoisotopic (exact) mass is 278 g/mol. The van der Waals surface area contributed by atoms with Crippen molar-refractivity contribution in [2.45, 2.75) is 45.9 Å². The average molecular weight is 278 g/mol. The molecule has 0 aromatic heterocycles. The van der Waals surface area contributed by atoms with E-state index in [1.54, 1.807) is 0 Å². The van der Waals surface area contributed by atoms with Crippen molar-refractivity contribution >= 4 is 0 Å². The molecule has 3 heteroatoms. The molecule has 0 bridgehead atoms. The first-order chi connectivity index (χ1) is 9.42. The van der Waals surface area contributed by atoms with Crippen LogP contribution in [0.2, 0.25) is 0 Å². The van der Waals surface area contributed by atoms with Crippen molar-refractivity contribution < 1.29 is 5.11 Å². The fourth-order valence-electron chi connectivity index (χ4n) is 2.62. The van der Waals surface area contributed by atoms with Gasteiger partial charge in [0.05, 0.1) is 6.61 Å². The second kappa shape index (κ2) is 8.40. The standard InChI is InChI=1S/C17H30N2O/c1-13(2)9-17(11-19(4)5)18-14(3)16-8-6-7-15(10-16)12-20/h6-8,10,13-14,17-18,20H,9,11-12H2,1-5H3. The Bertz CT molecular complexity index is 380. The molecule has 1 rings (SSSR count). The van der Waals surface area contributed by atoms with E-state index < -0.39 is 0 Å². The maximum atomic E-state index is 9.24. The van der Waals surface area contributed by atoms with Gasteiger partial charge in [0, 0.05) is 18.6 Å². The molecule has 0 fully saturated rings. The minimum atomic E-state index is 0.105. The minimum absolute atomic E-state index is 0.105. The van der Waals surface area contributed by atoms with Crippen LogP contribution in [-0.2, 0) is 6.61 Å². The number of rotatable bonds is 8. The fraction of sp³-hybridized carbons (Fsp3) is 0.647. The van der Waals surface area contributed by atoms with Crippen LogP contribution in [0.5, 0.6) is 0 Å². The molecule has 0 saturated heterocycles. The Hall–Kier alpha value is -0.900. The number of hydrogen-bond acceptors (Lipinski definition) is 3. The summed E-state index contributed by atoms with van der Waals surface area (Å²) in [5.74, 6) is 0.684. The van der Waals surface area contributed by atoms with Crippen molar-refractivity contribution in [1.82, 2.24) is 10.2 Å². The number of nitrogens with zero attached hydrogens (tertiary/aromatic N) is 1. The molecule has 3 nitrogen and oxygen atoms in total. The third-order valence-corrected chi connectivity index (χ3v) is 3.46. The van der Waals surface area contributed by atoms with Gasteiger partial charge in [-0.2, -0.15) is 0 Å². The van der Waals surface area contributed by atoms with Crippen LogP contribution >= 0.6 is 0 Å². The van der Waals surface area contributed by atoms with E-state index in [1.807, 2.05) is 12.1 Å². The third-order valence-electron chi connectivity index (χ3n) is 3.46. The number of benzene rings is 1. The van der Waals surface area contributed by atoms with Crippen molar-refractivity contribution in [2.75, 3.05) is 20.6 Å². The van der Waals surface area contributed by atoms with E-state index in [0.29, 0.717) is 18.0 Å². The van der Waals surface area contributed by atoms with E-state index in [-0.39, 0.29) is 6.61 Å². The maximum absolute atomic E-state index is 9.24. The van der Waals surface area contributed by atoms with Crippen LogP contribution in [-0.4, -0.2) is 36.7 Å². The molecule has 2 N–H and O–H groups in total. The van der Waals surface area contributed by atoms with E-state index in [0.717, 1.165) is 12.1 Å². The second-order valence-electron chi connectivity index (χ2n) is 6.38. The van der Waals surface area contributed by atoms with E-state index in [4.69, 9.17) is 0 Å². The normalized spacial score (nSPS) is 14.8. The molecule has 0 saturated carbocycles. The van der Waals surface area contributed by atoms with Gasteiger partial charge in [0.1, 0.15) is 0 Å². The van der Waals surface area contributed by atoms with Gasteiger partial charge in [0.15, 0.2) is 0 Å². The predicted molar refractivity (Wildman–Crippen MR) is 85.7 cm³/mol. The zero-order valence-electron chi connectivity index (χ0n) is 13.6. The van der Waals surface area contributed by atoms with Gasteiger partial charge in [-0.15, -0.1) is 0 Å². The summed E-state index contributed by atoms with van der Waals surface area (Å²) in [6.45, 7) is 7.87. The Labute approximate surface area is 124 Å². The first-order valence-electron chi connectivity index (χ1n) is 7.52. The molecule has 0 aliphatic heterocycles. The van der Waals surface area contributed by atoms with Gasteiger partial charge < -0.3 is 15.3 Å². The van der Waals surface area contributed by atoms with Crippen LogP contribution in [0.25, 0.3) is 0 Å². The van der Waals surface area contributed by atoms with Crippen LogP contribution in [0.15, 0.2) is 24.3 Å². The molecule has 1 aromatic rings. The smallest absolute Gasteiger partial charge is 0.0681 e. The SMILES string of the molecule is CC(C)CC(CN(C)C)NC(C)c1cccc(CO)c1. The summed E-state index contributed by atoms with van der Waals surface area (Å²) >= 11 is 0. The van der Waals surface area contributed by atoms with Crippen LogP contribution in [0, 0.1) is 5.92 Å². The van der Waals surface area contributed by atoms with Gasteiger partial charge >= 0.3 is 0 Å². The lowest BCUT2D eigenvalue weighted by atomic mass is 10.00. The molecule has 1 aromatic carbocycles. The van der Waals surface area contributed by atoms with Gasteiger partial charge in [-0.05, 0) is 44.5 Å². The Morgan fingerprint density at radius 1 is 1.20 bits per heavy atom. The zero-order valence-corrected chi connectivity index (χ0v) is 13.6. The highest BCUT2D eigenvalue weighted by Crippen LogP contribution is 2.17. The molecule has 2 atom stereocenters. The van der Waals surface area contributed by atoms with Crippen molar-refractivity contribution in [3.05, 3.63) is 35.4 Å². The Morgan fingerprint density at radius 2 is 1.90 bits per heavy atom. The second-order valence-corrected chi connectivity index (χ2v) is 6.38. The van der Waals surface area contributed by atoms with E-state index >= 15 is 0 Å². The molecule has 0 aliphatic carbocycles. The lowest BCUT2D eigenvalue weighted by Gasteiger charge is -2.27. The lowest BCUT2D eigenvalue weighted by Crippen LogP contribution is -2.40. The quantitative estimate of drug-likeness (QED) is 0.767. The van der Waals surface area contributed by atoms with Gasteiger partial charge in [-0.1, -0.05) is 38.1 Å². The molecular weight excluding hydrogens is 248 g/mol. The molecule has 20 heavy (non-hydrogen) atoms. The molecule has 114 valence electrons. The Kier molecular flexibility index (Phi) is 7.20. The number of hydrogen-bond donors (Lipinski definition) is 2.